The molecule has 1 aromatic carbocycles. The lowest BCUT2D eigenvalue weighted by molar-refractivity contribution is -0.181. The Morgan fingerprint density at radius 2 is 1.64 bits per heavy atom. The van der Waals surface area contributed by atoms with Gasteiger partial charge in [0.2, 0.25) is 0 Å². The summed E-state index contributed by atoms with van der Waals surface area (Å²) in [5.41, 5.74) is -2.89. The van der Waals surface area contributed by atoms with Crippen molar-refractivity contribution in [1.29, 1.82) is 0 Å². The highest BCUT2D eigenvalue weighted by atomic mass is 16.6. The number of esters is 2. The monoisotopic (exact) mass is 463 g/mol. The van der Waals surface area contributed by atoms with E-state index in [4.69, 9.17) is 14.2 Å². The molecular formula is C24H33NO8. The van der Waals surface area contributed by atoms with Crippen LogP contribution in [0, 0.1) is 5.92 Å². The summed E-state index contributed by atoms with van der Waals surface area (Å²) < 4.78 is 15.7. The lowest BCUT2D eigenvalue weighted by Crippen LogP contribution is -2.52. The highest BCUT2D eigenvalue weighted by Crippen LogP contribution is 2.30. The third-order valence-corrected chi connectivity index (χ3v) is 5.40. The number of aliphatic carboxylic acids is 1. The quantitative estimate of drug-likeness (QED) is 0.352. The molecule has 0 spiro atoms. The van der Waals surface area contributed by atoms with Crippen molar-refractivity contribution in [1.82, 2.24) is 4.90 Å². The van der Waals surface area contributed by atoms with Crippen LogP contribution in [0.1, 0.15) is 63.7 Å². The van der Waals surface area contributed by atoms with E-state index in [0.717, 1.165) is 0 Å². The second-order valence-electron chi connectivity index (χ2n) is 9.06. The number of hydrogen-bond donors (Lipinski definition) is 1. The van der Waals surface area contributed by atoms with Gasteiger partial charge in [-0.25, -0.2) is 19.2 Å². The Balaban J connectivity index is 2.08. The normalized spacial score (nSPS) is 16.4. The van der Waals surface area contributed by atoms with Crippen molar-refractivity contribution in [2.75, 3.05) is 19.7 Å². The van der Waals surface area contributed by atoms with Gasteiger partial charge < -0.3 is 24.2 Å². The van der Waals surface area contributed by atoms with E-state index in [-0.39, 0.29) is 30.6 Å². The van der Waals surface area contributed by atoms with Crippen LogP contribution in [0.2, 0.25) is 0 Å². The summed E-state index contributed by atoms with van der Waals surface area (Å²) in [5, 5.41) is 9.92. The summed E-state index contributed by atoms with van der Waals surface area (Å²) in [6.07, 6.45) is 0.935. The Bertz CT molecular complexity index is 840. The summed E-state index contributed by atoms with van der Waals surface area (Å²) >= 11 is 0. The second kappa shape index (κ2) is 11.2. The van der Waals surface area contributed by atoms with E-state index in [9.17, 15) is 24.3 Å². The molecule has 1 aliphatic heterocycles. The minimum absolute atomic E-state index is 0.0484. The molecule has 0 aromatic heterocycles. The van der Waals surface area contributed by atoms with Crippen molar-refractivity contribution in [2.24, 2.45) is 5.92 Å². The van der Waals surface area contributed by atoms with Crippen LogP contribution in [-0.2, 0) is 23.8 Å². The Morgan fingerprint density at radius 1 is 1.03 bits per heavy atom. The van der Waals surface area contributed by atoms with Crippen LogP contribution >= 0.6 is 0 Å². The topological polar surface area (TPSA) is 119 Å². The predicted molar refractivity (Wildman–Crippen MR) is 119 cm³/mol. The molecule has 1 aromatic rings. The first-order valence-electron chi connectivity index (χ1n) is 11.2. The van der Waals surface area contributed by atoms with Gasteiger partial charge in [-0.15, -0.1) is 0 Å². The van der Waals surface area contributed by atoms with Gasteiger partial charge in [-0.2, -0.15) is 0 Å². The minimum Gasteiger partial charge on any atom is -0.478 e. The fourth-order valence-corrected chi connectivity index (χ4v) is 3.61. The molecule has 1 saturated heterocycles. The SMILES string of the molecule is CCOC(=O)[C@@](CCC1CCN(C(=O)OC(C)(C)C)CC1)(OC(=O)c1ccccc1)C(=O)O. The maximum Gasteiger partial charge on any atom is 0.410 e. The maximum absolute atomic E-state index is 12.7. The van der Waals surface area contributed by atoms with Crippen molar-refractivity contribution in [3.05, 3.63) is 35.9 Å². The summed E-state index contributed by atoms with van der Waals surface area (Å²) in [6, 6.07) is 7.89. The van der Waals surface area contributed by atoms with Crippen LogP contribution in [-0.4, -0.2) is 64.9 Å². The molecule has 0 saturated carbocycles. The van der Waals surface area contributed by atoms with Crippen molar-refractivity contribution >= 4 is 24.0 Å². The van der Waals surface area contributed by atoms with Crippen molar-refractivity contribution in [3.8, 4) is 0 Å². The standard InChI is InChI=1S/C24H33NO8/c1-5-31-21(29)24(20(27)28,32-19(26)18-9-7-6-8-10-18)14-11-17-12-15-25(16-13-17)22(30)33-23(2,3)4/h6-10,17H,5,11-16H2,1-4H3,(H,27,28)/t24-/m0/s1. The van der Waals surface area contributed by atoms with Crippen molar-refractivity contribution in [3.63, 3.8) is 0 Å². The molecule has 0 aliphatic carbocycles. The molecule has 0 bridgehead atoms. The average molecular weight is 464 g/mol. The number of carboxylic acid groups (broad SMARTS) is 1. The minimum atomic E-state index is -2.44. The number of ether oxygens (including phenoxy) is 3. The average Bonchev–Trinajstić information content (AvgIpc) is 2.76. The van der Waals surface area contributed by atoms with Gasteiger partial charge in [0.05, 0.1) is 12.2 Å². The number of hydrogen-bond acceptors (Lipinski definition) is 7. The predicted octanol–water partition coefficient (Wildman–Crippen LogP) is 3.66. The van der Waals surface area contributed by atoms with Gasteiger partial charge in [-0.1, -0.05) is 18.2 Å². The van der Waals surface area contributed by atoms with Crippen LogP contribution in [0.4, 0.5) is 4.79 Å². The van der Waals surface area contributed by atoms with E-state index < -0.39 is 29.1 Å². The number of likely N-dealkylation sites (tertiary alicyclic amines) is 1. The van der Waals surface area contributed by atoms with Crippen molar-refractivity contribution < 1.29 is 38.5 Å². The van der Waals surface area contributed by atoms with Crippen LogP contribution in [0.3, 0.4) is 0 Å². The van der Waals surface area contributed by atoms with Gasteiger partial charge in [0.15, 0.2) is 0 Å². The number of amides is 1. The van der Waals surface area contributed by atoms with E-state index in [0.29, 0.717) is 32.4 Å². The molecule has 1 N–H and O–H groups in total. The Labute approximate surface area is 194 Å². The zero-order valence-corrected chi connectivity index (χ0v) is 19.7. The van der Waals surface area contributed by atoms with Crippen LogP contribution in [0.25, 0.3) is 0 Å². The third kappa shape index (κ3) is 7.20. The molecular weight excluding hydrogens is 430 g/mol. The first-order chi connectivity index (χ1) is 15.5. The fraction of sp³-hybridized carbons (Fsp3) is 0.583. The van der Waals surface area contributed by atoms with Gasteiger partial charge in [-0.05, 0) is 65.0 Å². The first-order valence-corrected chi connectivity index (χ1v) is 11.2. The summed E-state index contributed by atoms with van der Waals surface area (Å²) in [6.45, 7) is 7.83. The van der Waals surface area contributed by atoms with Gasteiger partial charge >= 0.3 is 29.6 Å². The highest BCUT2D eigenvalue weighted by molar-refractivity contribution is 6.06. The molecule has 33 heavy (non-hydrogen) atoms. The Kier molecular flexibility index (Phi) is 8.84. The summed E-state index contributed by atoms with van der Waals surface area (Å²) in [4.78, 5) is 51.3. The molecule has 0 radical (unpaired) electrons. The first kappa shape index (κ1) is 26.2. The zero-order valence-electron chi connectivity index (χ0n) is 19.7. The summed E-state index contributed by atoms with van der Waals surface area (Å²) in [5.74, 6) is -3.54. The lowest BCUT2D eigenvalue weighted by atomic mass is 9.86. The smallest absolute Gasteiger partial charge is 0.410 e. The Morgan fingerprint density at radius 3 is 2.15 bits per heavy atom. The number of benzene rings is 1. The van der Waals surface area contributed by atoms with Gasteiger partial charge in [-0.3, -0.25) is 0 Å². The second-order valence-corrected chi connectivity index (χ2v) is 9.06. The maximum atomic E-state index is 12.7. The van der Waals surface area contributed by atoms with Crippen LogP contribution < -0.4 is 0 Å². The number of carbonyl (C=O) groups is 4. The highest BCUT2D eigenvalue weighted by Gasteiger charge is 2.52. The van der Waals surface area contributed by atoms with E-state index >= 15 is 0 Å². The van der Waals surface area contributed by atoms with Crippen LogP contribution in [0.5, 0.6) is 0 Å². The van der Waals surface area contributed by atoms with E-state index in [1.165, 1.54) is 12.1 Å². The van der Waals surface area contributed by atoms with Crippen LogP contribution in [0.15, 0.2) is 30.3 Å². The van der Waals surface area contributed by atoms with Gasteiger partial charge in [0.1, 0.15) is 5.60 Å². The molecule has 182 valence electrons. The van der Waals surface area contributed by atoms with E-state index in [1.807, 2.05) is 0 Å². The molecule has 1 fully saturated rings. The van der Waals surface area contributed by atoms with Crippen molar-refractivity contribution in [2.45, 2.75) is 64.6 Å². The van der Waals surface area contributed by atoms with Gasteiger partial charge in [0.25, 0.3) is 0 Å². The molecule has 1 atom stereocenters. The summed E-state index contributed by atoms with van der Waals surface area (Å²) in [7, 11) is 0. The number of carbonyl (C=O) groups excluding carboxylic acids is 3. The fourth-order valence-electron chi connectivity index (χ4n) is 3.61. The number of piperidine rings is 1. The molecule has 1 amide bonds. The van der Waals surface area contributed by atoms with E-state index in [1.54, 1.807) is 50.8 Å². The number of rotatable bonds is 8. The molecule has 2 rings (SSSR count). The molecule has 0 unspecified atom stereocenters. The third-order valence-electron chi connectivity index (χ3n) is 5.40. The number of nitrogens with zero attached hydrogens (tertiary/aromatic N) is 1. The lowest BCUT2D eigenvalue weighted by Gasteiger charge is -2.34. The van der Waals surface area contributed by atoms with Gasteiger partial charge in [0, 0.05) is 19.5 Å². The molecule has 9 heteroatoms. The molecule has 1 heterocycles. The van der Waals surface area contributed by atoms with E-state index in [2.05, 4.69) is 0 Å². The zero-order chi connectivity index (χ0) is 24.6. The molecule has 1 aliphatic rings. The number of carboxylic acids is 1. The largest absolute Gasteiger partial charge is 0.478 e. The molecule has 9 nitrogen and oxygen atoms in total. The Hall–Kier alpha value is -3.10.